The molecule has 2 N–H and O–H groups in total. The Morgan fingerprint density at radius 3 is 2.73 bits per heavy atom. The predicted molar refractivity (Wildman–Crippen MR) is 158 cm³/mol. The summed E-state index contributed by atoms with van der Waals surface area (Å²) >= 11 is 6.49. The number of benzene rings is 2. The summed E-state index contributed by atoms with van der Waals surface area (Å²) in [6.45, 7) is 2.90. The van der Waals surface area contributed by atoms with Crippen molar-refractivity contribution in [3.05, 3.63) is 94.6 Å². The van der Waals surface area contributed by atoms with Gasteiger partial charge in [-0.1, -0.05) is 17.7 Å². The minimum Gasteiger partial charge on any atom is -0.618 e. The number of aromatic nitrogens is 2. The third-order valence-electron chi connectivity index (χ3n) is 5.87. The summed E-state index contributed by atoms with van der Waals surface area (Å²) in [6.07, 6.45) is 6.09. The molecule has 0 saturated heterocycles. The topological polar surface area (TPSA) is 126 Å². The van der Waals surface area contributed by atoms with Crippen molar-refractivity contribution < 1.29 is 19.0 Å². The molecule has 0 atom stereocenters. The lowest BCUT2D eigenvalue weighted by atomic mass is 10.1. The van der Waals surface area contributed by atoms with Crippen molar-refractivity contribution in [2.45, 2.75) is 13.5 Å². The molecular weight excluding hydrogens is 544 g/mol. The van der Waals surface area contributed by atoms with Crippen LogP contribution in [0.2, 0.25) is 5.02 Å². The lowest BCUT2D eigenvalue weighted by molar-refractivity contribution is -0.616. The van der Waals surface area contributed by atoms with Gasteiger partial charge in [-0.2, -0.15) is 9.99 Å². The molecule has 0 fully saturated rings. The number of hydrogen-bond donors (Lipinski definition) is 2. The fourth-order valence-electron chi connectivity index (χ4n) is 3.92. The van der Waals surface area contributed by atoms with E-state index in [4.69, 9.17) is 21.1 Å². The van der Waals surface area contributed by atoms with Gasteiger partial charge in [-0.25, -0.2) is 0 Å². The Kier molecular flexibility index (Phi) is 9.58. The number of likely N-dealkylation sites (N-methyl/N-ethyl adjacent to an activating group) is 1. The number of pyridine rings is 2. The van der Waals surface area contributed by atoms with E-state index in [2.05, 4.69) is 21.7 Å². The average Bonchev–Trinajstić information content (AvgIpc) is 2.94. The van der Waals surface area contributed by atoms with Crippen molar-refractivity contribution in [1.82, 2.24) is 9.88 Å². The lowest BCUT2D eigenvalue weighted by Gasteiger charge is -2.16. The van der Waals surface area contributed by atoms with Crippen LogP contribution in [-0.2, 0) is 11.4 Å². The van der Waals surface area contributed by atoms with E-state index < -0.39 is 0 Å². The first-order chi connectivity index (χ1) is 19.8. The van der Waals surface area contributed by atoms with Crippen LogP contribution in [-0.4, -0.2) is 43.0 Å². The van der Waals surface area contributed by atoms with Gasteiger partial charge in [0.2, 0.25) is 11.6 Å². The normalized spacial score (nSPS) is 11.0. The molecule has 4 aromatic rings. The summed E-state index contributed by atoms with van der Waals surface area (Å²) in [7, 11) is 3.82. The number of ether oxygens (including phenoxy) is 2. The second-order valence-corrected chi connectivity index (χ2v) is 9.59. The minimum atomic E-state index is -0.313. The molecule has 10 nitrogen and oxygen atoms in total. The summed E-state index contributed by atoms with van der Waals surface area (Å²) in [5, 5.41) is 28.8. The number of fused-ring (bicyclic) bond motifs is 1. The average molecular weight is 573 g/mol. The first-order valence-corrected chi connectivity index (χ1v) is 13.1. The molecule has 0 aliphatic heterocycles. The molecule has 0 spiro atoms. The van der Waals surface area contributed by atoms with Gasteiger partial charge in [0, 0.05) is 48.1 Å². The first kappa shape index (κ1) is 29.1. The van der Waals surface area contributed by atoms with E-state index in [1.165, 1.54) is 18.5 Å². The van der Waals surface area contributed by atoms with Crippen LogP contribution in [0.3, 0.4) is 0 Å². The van der Waals surface area contributed by atoms with Crippen molar-refractivity contribution in [2.24, 2.45) is 0 Å². The van der Waals surface area contributed by atoms with Gasteiger partial charge in [-0.15, -0.1) is 0 Å². The molecule has 210 valence electrons. The van der Waals surface area contributed by atoms with Gasteiger partial charge in [-0.05, 0) is 51.4 Å². The van der Waals surface area contributed by atoms with Gasteiger partial charge in [-0.3, -0.25) is 9.78 Å². The van der Waals surface area contributed by atoms with Crippen molar-refractivity contribution >= 4 is 45.5 Å². The zero-order valence-corrected chi connectivity index (χ0v) is 23.6. The molecule has 2 heterocycles. The summed E-state index contributed by atoms with van der Waals surface area (Å²) in [5.74, 6) is 0.543. The summed E-state index contributed by atoms with van der Waals surface area (Å²) in [6, 6.07) is 15.8. The number of carbonyl (C=O) groups is 1. The highest BCUT2D eigenvalue weighted by atomic mass is 35.5. The largest absolute Gasteiger partial charge is 0.618 e. The molecule has 0 radical (unpaired) electrons. The van der Waals surface area contributed by atoms with Crippen LogP contribution in [0, 0.1) is 16.5 Å². The fourth-order valence-corrected chi connectivity index (χ4v) is 4.16. The molecular formula is C30H29ClN6O4. The molecule has 11 heteroatoms. The lowest BCUT2D eigenvalue weighted by Crippen LogP contribution is -2.31. The Morgan fingerprint density at radius 1 is 1.20 bits per heavy atom. The number of halogens is 1. The second-order valence-electron chi connectivity index (χ2n) is 9.19. The van der Waals surface area contributed by atoms with E-state index >= 15 is 0 Å². The molecule has 0 saturated carbocycles. The van der Waals surface area contributed by atoms with Gasteiger partial charge in [0.25, 0.3) is 0 Å². The quantitative estimate of drug-likeness (QED) is 0.143. The van der Waals surface area contributed by atoms with Crippen LogP contribution in [0.15, 0.2) is 73.1 Å². The van der Waals surface area contributed by atoms with E-state index in [-0.39, 0.29) is 12.5 Å². The standard InChI is InChI=1S/C30H29ClN6O4/c1-4-40-28-16-25-23(15-26(28)35-29(38)9-7-12-36(2)3)30(20(17-32)18-33-25)34-21-10-11-27(24(31)14-21)41-19-22-8-5-6-13-37(22)39/h5-11,13-16,18H,4,12,19H2,1-3H3,(H,33,34)(H,35,38)/b9-7+. The van der Waals surface area contributed by atoms with Gasteiger partial charge in [0.15, 0.2) is 12.8 Å². The van der Waals surface area contributed by atoms with Gasteiger partial charge in [0.1, 0.15) is 17.6 Å². The van der Waals surface area contributed by atoms with E-state index in [0.29, 0.717) is 68.9 Å². The molecule has 0 aliphatic rings. The molecule has 41 heavy (non-hydrogen) atoms. The zero-order valence-electron chi connectivity index (χ0n) is 22.8. The number of nitriles is 1. The second kappa shape index (κ2) is 13.5. The number of nitrogens with one attached hydrogen (secondary N) is 2. The third kappa shape index (κ3) is 7.42. The highest BCUT2D eigenvalue weighted by molar-refractivity contribution is 6.32. The van der Waals surface area contributed by atoms with Crippen LogP contribution in [0.1, 0.15) is 18.2 Å². The molecule has 0 bridgehead atoms. The van der Waals surface area contributed by atoms with Gasteiger partial charge >= 0.3 is 0 Å². The summed E-state index contributed by atoms with van der Waals surface area (Å²) in [4.78, 5) is 19.0. The molecule has 0 unspecified atom stereocenters. The van der Waals surface area contributed by atoms with Crippen molar-refractivity contribution in [2.75, 3.05) is 37.9 Å². The number of carbonyl (C=O) groups excluding carboxylic acids is 1. The summed E-state index contributed by atoms with van der Waals surface area (Å²) in [5.41, 5.74) is 2.82. The first-order valence-electron chi connectivity index (χ1n) is 12.8. The molecule has 1 amide bonds. The molecule has 2 aromatic heterocycles. The smallest absolute Gasteiger partial charge is 0.248 e. The minimum absolute atomic E-state index is 0.0470. The number of amides is 1. The van der Waals surface area contributed by atoms with E-state index in [9.17, 15) is 15.3 Å². The maximum atomic E-state index is 12.6. The van der Waals surface area contributed by atoms with Crippen molar-refractivity contribution in [3.8, 4) is 17.6 Å². The van der Waals surface area contributed by atoms with Crippen LogP contribution in [0.4, 0.5) is 17.1 Å². The van der Waals surface area contributed by atoms with Crippen molar-refractivity contribution in [3.63, 3.8) is 0 Å². The molecule has 0 aliphatic carbocycles. The van der Waals surface area contributed by atoms with E-state index in [1.807, 2.05) is 25.9 Å². The Bertz CT molecular complexity index is 1630. The predicted octanol–water partition coefficient (Wildman–Crippen LogP) is 5.17. The van der Waals surface area contributed by atoms with Crippen LogP contribution in [0.5, 0.6) is 11.5 Å². The number of anilines is 3. The SMILES string of the molecule is CCOc1cc2ncc(C#N)c(Nc3ccc(OCc4cccc[n+]4[O-])c(Cl)c3)c2cc1NC(=O)/C=C/CN(C)C. The zero-order chi connectivity index (χ0) is 29.4. The van der Waals surface area contributed by atoms with E-state index in [0.717, 1.165) is 4.73 Å². The van der Waals surface area contributed by atoms with E-state index in [1.54, 1.807) is 54.6 Å². The third-order valence-corrected chi connectivity index (χ3v) is 6.16. The molecule has 4 rings (SSSR count). The fraction of sp³-hybridized carbons (Fsp3) is 0.200. The van der Waals surface area contributed by atoms with Crippen LogP contribution >= 0.6 is 11.6 Å². The number of hydrogen-bond acceptors (Lipinski definition) is 8. The van der Waals surface area contributed by atoms with Crippen LogP contribution < -0.4 is 24.8 Å². The molecule has 2 aromatic carbocycles. The van der Waals surface area contributed by atoms with Gasteiger partial charge < -0.3 is 30.2 Å². The van der Waals surface area contributed by atoms with Crippen LogP contribution in [0.25, 0.3) is 10.9 Å². The summed E-state index contributed by atoms with van der Waals surface area (Å²) < 4.78 is 12.3. The highest BCUT2D eigenvalue weighted by Crippen LogP contribution is 2.37. The Balaban J connectivity index is 1.64. The highest BCUT2D eigenvalue weighted by Gasteiger charge is 2.16. The number of rotatable bonds is 11. The van der Waals surface area contributed by atoms with Gasteiger partial charge in [0.05, 0.1) is 34.1 Å². The Hall–Kier alpha value is -4.85. The monoisotopic (exact) mass is 572 g/mol. The van der Waals surface area contributed by atoms with Crippen molar-refractivity contribution in [1.29, 1.82) is 5.26 Å². The Morgan fingerprint density at radius 2 is 2.02 bits per heavy atom. The maximum Gasteiger partial charge on any atom is 0.248 e. The maximum absolute atomic E-state index is 12.6. The Labute approximate surface area is 243 Å². The number of nitrogens with zero attached hydrogens (tertiary/aromatic N) is 4.